The molecule has 1 aliphatic heterocycles. The maximum Gasteiger partial charge on any atom is 0.332 e. The van der Waals surface area contributed by atoms with Crippen LogP contribution in [-0.4, -0.2) is 56.0 Å². The number of esters is 2. The lowest BCUT2D eigenvalue weighted by molar-refractivity contribution is -0.154. The Hall–Kier alpha value is -3.22. The quantitative estimate of drug-likeness (QED) is 0.477. The number of nitrogens with zero attached hydrogens (tertiary/aromatic N) is 4. The zero-order chi connectivity index (χ0) is 25.4. The minimum absolute atomic E-state index is 0.0325. The fourth-order valence-electron chi connectivity index (χ4n) is 3.83. The van der Waals surface area contributed by atoms with Crippen LogP contribution in [-0.2, 0) is 30.3 Å². The van der Waals surface area contributed by atoms with Crippen molar-refractivity contribution in [3.05, 3.63) is 50.5 Å². The molecule has 4 rings (SSSR count). The minimum Gasteiger partial charge on any atom is -0.463 e. The third-order valence-electron chi connectivity index (χ3n) is 5.32. The summed E-state index contributed by atoms with van der Waals surface area (Å²) in [4.78, 5) is 44.6. The maximum absolute atomic E-state index is 15.2. The predicted octanol–water partition coefficient (Wildman–Crippen LogP) is 2.26. The zero-order valence-corrected chi connectivity index (χ0v) is 20.0. The van der Waals surface area contributed by atoms with Crippen molar-refractivity contribution in [3.63, 3.8) is 0 Å². The number of hydrogen-bond donors (Lipinski definition) is 1. The van der Waals surface area contributed by atoms with E-state index in [2.05, 4.69) is 9.97 Å². The summed E-state index contributed by atoms with van der Waals surface area (Å²) < 4.78 is 33.4. The van der Waals surface area contributed by atoms with Gasteiger partial charge in [-0.1, -0.05) is 29.3 Å². The summed E-state index contributed by atoms with van der Waals surface area (Å²) in [7, 11) is 0. The number of aromatic nitrogens is 4. The van der Waals surface area contributed by atoms with Gasteiger partial charge in [0.15, 0.2) is 24.2 Å². The van der Waals surface area contributed by atoms with Crippen LogP contribution in [0.1, 0.15) is 25.6 Å². The van der Waals surface area contributed by atoms with E-state index in [1.807, 2.05) is 0 Å². The van der Waals surface area contributed by atoms with Crippen LogP contribution >= 0.6 is 23.2 Å². The number of nitrogen functional groups attached to an aromatic ring is 1. The Bertz CT molecular complexity index is 1360. The summed E-state index contributed by atoms with van der Waals surface area (Å²) in [5, 5.41) is 0.641. The molecule has 0 radical (unpaired) electrons. The van der Waals surface area contributed by atoms with Gasteiger partial charge in [0.05, 0.1) is 22.8 Å². The van der Waals surface area contributed by atoms with Crippen molar-refractivity contribution in [2.24, 2.45) is 0 Å². The van der Waals surface area contributed by atoms with Crippen molar-refractivity contribution in [2.45, 2.75) is 45.0 Å². The molecule has 3 aromatic rings. The van der Waals surface area contributed by atoms with Crippen LogP contribution in [0.25, 0.3) is 11.2 Å². The third kappa shape index (κ3) is 4.95. The Kier molecular flexibility index (Phi) is 6.97. The fourth-order valence-corrected chi connectivity index (χ4v) is 4.15. The van der Waals surface area contributed by atoms with Gasteiger partial charge in [-0.3, -0.25) is 14.2 Å². The number of nitrogens with two attached hydrogens (primary N) is 1. The van der Waals surface area contributed by atoms with Gasteiger partial charge >= 0.3 is 17.6 Å². The first-order valence-electron chi connectivity index (χ1n) is 10.3. The summed E-state index contributed by atoms with van der Waals surface area (Å²) >= 11 is 12.1. The van der Waals surface area contributed by atoms with Gasteiger partial charge in [-0.05, 0) is 17.7 Å². The Balaban J connectivity index is 1.82. The van der Waals surface area contributed by atoms with Gasteiger partial charge in [-0.25, -0.2) is 18.7 Å². The fraction of sp³-hybridized carbons (Fsp3) is 0.381. The van der Waals surface area contributed by atoms with E-state index in [4.69, 9.17) is 43.1 Å². The number of carbonyl (C=O) groups excluding carboxylic acids is 2. The largest absolute Gasteiger partial charge is 0.463 e. The number of anilines is 1. The summed E-state index contributed by atoms with van der Waals surface area (Å²) in [5.74, 6) is -1.58. The first kappa shape index (κ1) is 24.9. The van der Waals surface area contributed by atoms with Crippen LogP contribution in [0.3, 0.4) is 0 Å². The Morgan fingerprint density at radius 2 is 1.97 bits per heavy atom. The number of halogens is 3. The molecule has 1 fully saturated rings. The van der Waals surface area contributed by atoms with Crippen LogP contribution in [0.5, 0.6) is 0 Å². The van der Waals surface area contributed by atoms with E-state index in [0.29, 0.717) is 15.6 Å². The van der Waals surface area contributed by atoms with E-state index in [0.717, 1.165) is 18.4 Å². The van der Waals surface area contributed by atoms with Crippen LogP contribution in [0.4, 0.5) is 10.3 Å². The predicted molar refractivity (Wildman–Crippen MR) is 123 cm³/mol. The molecule has 1 unspecified atom stereocenters. The minimum atomic E-state index is -1.90. The van der Waals surface area contributed by atoms with Gasteiger partial charge in [0.1, 0.15) is 18.2 Å². The van der Waals surface area contributed by atoms with Crippen molar-refractivity contribution in [1.29, 1.82) is 0 Å². The van der Waals surface area contributed by atoms with Crippen LogP contribution in [0.15, 0.2) is 29.2 Å². The number of benzene rings is 1. The van der Waals surface area contributed by atoms with E-state index in [1.165, 1.54) is 10.8 Å². The first-order chi connectivity index (χ1) is 16.6. The highest BCUT2D eigenvalue weighted by Gasteiger charge is 2.50. The SMILES string of the molecule is CC(=O)OC[C@H]1OC(n2c(=O)n(Cc3ccc(Cl)c(Cl)c3)c3cnc(N)nc32)[C@H](OC(C)=O)[C@@H]1F. The van der Waals surface area contributed by atoms with Crippen molar-refractivity contribution in [3.8, 4) is 0 Å². The van der Waals surface area contributed by atoms with E-state index in [-0.39, 0.29) is 23.7 Å². The molecule has 2 aromatic heterocycles. The maximum atomic E-state index is 15.2. The summed E-state index contributed by atoms with van der Waals surface area (Å²) in [5.41, 5.74) is 6.03. The third-order valence-corrected chi connectivity index (χ3v) is 6.06. The highest BCUT2D eigenvalue weighted by molar-refractivity contribution is 6.42. The second kappa shape index (κ2) is 9.80. The van der Waals surface area contributed by atoms with Gasteiger partial charge in [0.2, 0.25) is 5.95 Å². The lowest BCUT2D eigenvalue weighted by Crippen LogP contribution is -2.37. The molecule has 2 N–H and O–H groups in total. The smallest absolute Gasteiger partial charge is 0.332 e. The van der Waals surface area contributed by atoms with E-state index in [9.17, 15) is 14.4 Å². The number of fused-ring (bicyclic) bond motifs is 1. The van der Waals surface area contributed by atoms with Gasteiger partial charge in [-0.2, -0.15) is 4.98 Å². The van der Waals surface area contributed by atoms with Gasteiger partial charge in [0, 0.05) is 13.8 Å². The van der Waals surface area contributed by atoms with Crippen molar-refractivity contribution in [1.82, 2.24) is 19.1 Å². The Morgan fingerprint density at radius 3 is 2.63 bits per heavy atom. The molecule has 0 aliphatic carbocycles. The molecule has 0 saturated carbocycles. The van der Waals surface area contributed by atoms with Crippen molar-refractivity contribution < 1.29 is 28.2 Å². The molecule has 11 nitrogen and oxygen atoms in total. The number of hydrogen-bond acceptors (Lipinski definition) is 9. The van der Waals surface area contributed by atoms with E-state index < -0.39 is 48.8 Å². The zero-order valence-electron chi connectivity index (χ0n) is 18.5. The number of carbonyl (C=O) groups is 2. The molecule has 14 heteroatoms. The molecule has 1 aromatic carbocycles. The van der Waals surface area contributed by atoms with Gasteiger partial charge in [0.25, 0.3) is 0 Å². The summed E-state index contributed by atoms with van der Waals surface area (Å²) in [6, 6.07) is 4.86. The monoisotopic (exact) mass is 527 g/mol. The second-order valence-electron chi connectivity index (χ2n) is 7.81. The Labute approximate surface area is 207 Å². The number of alkyl halides is 1. The molecule has 1 aliphatic rings. The van der Waals surface area contributed by atoms with Crippen molar-refractivity contribution in [2.75, 3.05) is 12.3 Å². The number of imidazole rings is 1. The highest BCUT2D eigenvalue weighted by Crippen LogP contribution is 2.35. The summed E-state index contributed by atoms with van der Waals surface area (Å²) in [6.45, 7) is 1.84. The Morgan fingerprint density at radius 1 is 1.23 bits per heavy atom. The molecule has 0 bridgehead atoms. The summed E-state index contributed by atoms with van der Waals surface area (Å²) in [6.07, 6.45) is -4.80. The molecular formula is C21H20Cl2FN5O6. The lowest BCUT2D eigenvalue weighted by Gasteiger charge is -2.19. The molecule has 186 valence electrons. The molecule has 4 atom stereocenters. The molecule has 1 saturated heterocycles. The molecule has 35 heavy (non-hydrogen) atoms. The normalized spacial score (nSPS) is 21.9. The average Bonchev–Trinajstić information content (AvgIpc) is 3.22. The number of ether oxygens (including phenoxy) is 3. The van der Waals surface area contributed by atoms with Crippen LogP contribution < -0.4 is 11.4 Å². The topological polar surface area (TPSA) is 141 Å². The number of rotatable bonds is 6. The molecule has 0 amide bonds. The van der Waals surface area contributed by atoms with Crippen molar-refractivity contribution >= 4 is 52.3 Å². The average molecular weight is 528 g/mol. The second-order valence-corrected chi connectivity index (χ2v) is 8.62. The molecule has 0 spiro atoms. The lowest BCUT2D eigenvalue weighted by atomic mass is 10.1. The van der Waals surface area contributed by atoms with Gasteiger partial charge in [-0.15, -0.1) is 0 Å². The van der Waals surface area contributed by atoms with Crippen LogP contribution in [0.2, 0.25) is 10.0 Å². The van der Waals surface area contributed by atoms with E-state index in [1.54, 1.807) is 18.2 Å². The highest BCUT2D eigenvalue weighted by atomic mass is 35.5. The standard InChI is InChI=1S/C21H20Cl2FN5O6/c1-9(30)33-8-15-16(24)17(34-10(2)31)19(35-15)29-18-14(6-26-20(25)27-18)28(21(29)32)7-11-3-4-12(22)13(23)5-11/h3-6,15-17,19H,7-8H2,1-2H3,(H2,25,26,27)/t15-,16-,17-,19?/m1/s1. The molecule has 3 heterocycles. The molecular weight excluding hydrogens is 508 g/mol. The van der Waals surface area contributed by atoms with E-state index >= 15 is 4.39 Å². The van der Waals surface area contributed by atoms with Crippen LogP contribution in [0, 0.1) is 0 Å². The van der Waals surface area contributed by atoms with Gasteiger partial charge < -0.3 is 19.9 Å². The first-order valence-corrected chi connectivity index (χ1v) is 11.1.